The highest BCUT2D eigenvalue weighted by molar-refractivity contribution is 8.00. The number of rotatable bonds is 15. The maximum absolute atomic E-state index is 13.8. The van der Waals surface area contributed by atoms with Crippen LogP contribution in [0, 0.1) is 0 Å². The molecule has 2 N–H and O–H groups in total. The van der Waals surface area contributed by atoms with E-state index in [0.717, 1.165) is 17.7 Å². The van der Waals surface area contributed by atoms with E-state index in [1.807, 2.05) is 43.3 Å². The molecule has 4 aromatic rings. The van der Waals surface area contributed by atoms with Gasteiger partial charge in [0.05, 0.1) is 36.1 Å². The Hall–Kier alpha value is -4.71. The van der Waals surface area contributed by atoms with Crippen LogP contribution in [0.2, 0.25) is 0 Å². The summed E-state index contributed by atoms with van der Waals surface area (Å²) in [6.45, 7) is 2.83. The number of hydrogen-bond donors (Lipinski definition) is 2. The molecule has 0 fully saturated rings. The molecular formula is C34H38N4O7S. The molecule has 2 heterocycles. The monoisotopic (exact) mass is 646 g/mol. The second kappa shape index (κ2) is 15.5. The number of carbonyl (C=O) groups is 2. The van der Waals surface area contributed by atoms with Gasteiger partial charge in [0, 0.05) is 25.6 Å². The van der Waals surface area contributed by atoms with Gasteiger partial charge in [0.15, 0.2) is 16.7 Å². The third-order valence-electron chi connectivity index (χ3n) is 7.62. The summed E-state index contributed by atoms with van der Waals surface area (Å²) in [6, 6.07) is 18.1. The highest BCUT2D eigenvalue weighted by atomic mass is 32.2. The molecular weight excluding hydrogens is 608 g/mol. The van der Waals surface area contributed by atoms with Crippen molar-refractivity contribution < 1.29 is 28.5 Å². The van der Waals surface area contributed by atoms with Crippen molar-refractivity contribution in [3.8, 4) is 23.0 Å². The largest absolute Gasteiger partial charge is 0.497 e. The fraction of sp³-hybridized carbons (Fsp3) is 0.353. The zero-order valence-electron chi connectivity index (χ0n) is 26.2. The zero-order chi connectivity index (χ0) is 32.5. The van der Waals surface area contributed by atoms with Crippen molar-refractivity contribution >= 4 is 40.2 Å². The van der Waals surface area contributed by atoms with Crippen molar-refractivity contribution in [3.05, 3.63) is 76.6 Å². The number of ether oxygens (including phenoxy) is 4. The fourth-order valence-corrected chi connectivity index (χ4v) is 6.09. The molecule has 1 aliphatic rings. The molecule has 0 aliphatic carbocycles. The Morgan fingerprint density at radius 2 is 1.76 bits per heavy atom. The van der Waals surface area contributed by atoms with Gasteiger partial charge in [-0.3, -0.25) is 19.0 Å². The van der Waals surface area contributed by atoms with Gasteiger partial charge in [-0.05, 0) is 55.2 Å². The van der Waals surface area contributed by atoms with Crippen molar-refractivity contribution in [1.29, 1.82) is 0 Å². The molecule has 0 saturated heterocycles. The molecule has 242 valence electrons. The molecule has 0 saturated carbocycles. The summed E-state index contributed by atoms with van der Waals surface area (Å²) in [4.78, 5) is 44.5. The van der Waals surface area contributed by atoms with Crippen molar-refractivity contribution in [1.82, 2.24) is 14.9 Å². The van der Waals surface area contributed by atoms with Gasteiger partial charge in [0.1, 0.15) is 11.5 Å². The van der Waals surface area contributed by atoms with E-state index < -0.39 is 5.25 Å². The van der Waals surface area contributed by atoms with Crippen LogP contribution in [-0.2, 0) is 22.7 Å². The van der Waals surface area contributed by atoms with E-state index in [-0.39, 0.29) is 24.2 Å². The first kappa shape index (κ1) is 32.7. The van der Waals surface area contributed by atoms with Gasteiger partial charge < -0.3 is 29.6 Å². The summed E-state index contributed by atoms with van der Waals surface area (Å²) < 4.78 is 23.2. The number of thioether (sulfide) groups is 1. The summed E-state index contributed by atoms with van der Waals surface area (Å²) in [7, 11) is 3.17. The minimum atomic E-state index is -0.524. The lowest BCUT2D eigenvalue weighted by molar-refractivity contribution is -0.121. The number of amides is 2. The Morgan fingerprint density at radius 1 is 1.00 bits per heavy atom. The van der Waals surface area contributed by atoms with Crippen LogP contribution in [0.25, 0.3) is 10.9 Å². The number of methoxy groups -OCH3 is 2. The Kier molecular flexibility index (Phi) is 11.0. The normalized spacial score (nSPS) is 12.5. The van der Waals surface area contributed by atoms with E-state index in [1.54, 1.807) is 43.1 Å². The quantitative estimate of drug-likeness (QED) is 0.0973. The molecule has 1 aromatic heterocycles. The molecule has 11 nitrogen and oxygen atoms in total. The summed E-state index contributed by atoms with van der Waals surface area (Å²) in [5, 5.41) is 6.24. The average Bonchev–Trinajstić information content (AvgIpc) is 3.54. The van der Waals surface area contributed by atoms with Crippen LogP contribution < -0.4 is 35.1 Å². The zero-order valence-corrected chi connectivity index (χ0v) is 27.0. The van der Waals surface area contributed by atoms with E-state index in [4.69, 9.17) is 23.9 Å². The molecule has 0 spiro atoms. The molecule has 2 amide bonds. The van der Waals surface area contributed by atoms with E-state index >= 15 is 0 Å². The lowest BCUT2D eigenvalue weighted by Gasteiger charge is -2.19. The predicted octanol–water partition coefficient (Wildman–Crippen LogP) is 5.53. The fourth-order valence-electron chi connectivity index (χ4n) is 5.05. The van der Waals surface area contributed by atoms with Crippen LogP contribution >= 0.6 is 11.8 Å². The van der Waals surface area contributed by atoms with Gasteiger partial charge in [0.2, 0.25) is 18.6 Å². The minimum Gasteiger partial charge on any atom is -0.497 e. The van der Waals surface area contributed by atoms with Crippen LogP contribution in [0.3, 0.4) is 0 Å². The maximum Gasteiger partial charge on any atom is 0.262 e. The first-order valence-corrected chi connectivity index (χ1v) is 16.1. The molecule has 1 aliphatic heterocycles. The van der Waals surface area contributed by atoms with E-state index in [2.05, 4.69) is 10.6 Å². The number of anilines is 1. The number of para-hydroxylation sites is 2. The van der Waals surface area contributed by atoms with Crippen LogP contribution in [0.1, 0.15) is 44.6 Å². The highest BCUT2D eigenvalue weighted by Gasteiger charge is 2.24. The van der Waals surface area contributed by atoms with Crippen LogP contribution in [0.15, 0.2) is 70.6 Å². The molecule has 0 unspecified atom stereocenters. The maximum atomic E-state index is 13.8. The Morgan fingerprint density at radius 3 is 2.50 bits per heavy atom. The molecule has 1 atom stereocenters. The second-order valence-electron chi connectivity index (χ2n) is 10.7. The van der Waals surface area contributed by atoms with Gasteiger partial charge in [0.25, 0.3) is 5.56 Å². The van der Waals surface area contributed by atoms with E-state index in [0.29, 0.717) is 77.8 Å². The third-order valence-corrected chi connectivity index (χ3v) is 8.98. The number of fused-ring (bicyclic) bond motifs is 2. The van der Waals surface area contributed by atoms with Crippen molar-refractivity contribution in [2.45, 2.75) is 62.5 Å². The van der Waals surface area contributed by atoms with Crippen molar-refractivity contribution in [2.24, 2.45) is 0 Å². The standard InChI is InChI=1S/C34H38N4O7S/c1-4-30(32(40)36-25-10-7-8-11-27(25)43-3)46-34-37-26-19-29-28(44-21-45-29)18-24(26)33(41)38(34)17-9-5-6-12-31(39)35-20-22-13-15-23(42-2)16-14-22/h7-8,10-11,13-16,18-19,30H,4-6,9,12,17,20-21H2,1-3H3,(H,35,39)(H,36,40)/t30-/m0/s1. The lowest BCUT2D eigenvalue weighted by Crippen LogP contribution is -2.28. The number of hydrogen-bond acceptors (Lipinski definition) is 9. The minimum absolute atomic E-state index is 0.0282. The number of unbranched alkanes of at least 4 members (excludes halogenated alkanes) is 2. The Labute approximate surface area is 271 Å². The van der Waals surface area contributed by atoms with Gasteiger partial charge in [-0.25, -0.2) is 4.98 Å². The first-order valence-electron chi connectivity index (χ1n) is 15.2. The molecule has 5 rings (SSSR count). The molecule has 0 bridgehead atoms. The lowest BCUT2D eigenvalue weighted by atomic mass is 10.1. The second-order valence-corrected chi connectivity index (χ2v) is 11.9. The molecule has 12 heteroatoms. The van der Waals surface area contributed by atoms with Crippen LogP contribution in [0.5, 0.6) is 23.0 Å². The van der Waals surface area contributed by atoms with Crippen molar-refractivity contribution in [3.63, 3.8) is 0 Å². The summed E-state index contributed by atoms with van der Waals surface area (Å²) >= 11 is 1.25. The number of nitrogens with one attached hydrogen (secondary N) is 2. The van der Waals surface area contributed by atoms with Gasteiger partial charge in [-0.2, -0.15) is 0 Å². The number of benzene rings is 3. The average molecular weight is 647 g/mol. The van der Waals surface area contributed by atoms with Crippen LogP contribution in [0.4, 0.5) is 5.69 Å². The summed E-state index contributed by atoms with van der Waals surface area (Å²) in [5.41, 5.74) is 1.81. The van der Waals surface area contributed by atoms with Gasteiger partial charge >= 0.3 is 0 Å². The van der Waals surface area contributed by atoms with Gasteiger partial charge in [-0.15, -0.1) is 0 Å². The van der Waals surface area contributed by atoms with Gasteiger partial charge in [-0.1, -0.05) is 49.4 Å². The number of nitrogens with zero attached hydrogens (tertiary/aromatic N) is 2. The molecule has 3 aromatic carbocycles. The number of carbonyl (C=O) groups excluding carboxylic acids is 2. The third kappa shape index (κ3) is 7.92. The smallest absolute Gasteiger partial charge is 0.262 e. The molecule has 46 heavy (non-hydrogen) atoms. The SMILES string of the molecule is CC[C@H](Sc1nc2cc3c(cc2c(=O)n1CCCCCC(=O)NCc1ccc(OC)cc1)OCO3)C(=O)Nc1ccccc1OC. The summed E-state index contributed by atoms with van der Waals surface area (Å²) in [6.07, 6.45) is 2.95. The van der Waals surface area contributed by atoms with Crippen LogP contribution in [-0.4, -0.2) is 47.6 Å². The predicted molar refractivity (Wildman–Crippen MR) is 177 cm³/mol. The topological polar surface area (TPSA) is 130 Å². The first-order chi connectivity index (χ1) is 22.4. The van der Waals surface area contributed by atoms with Crippen molar-refractivity contribution in [2.75, 3.05) is 26.3 Å². The Bertz CT molecular complexity index is 1740. The molecule has 0 radical (unpaired) electrons. The highest BCUT2D eigenvalue weighted by Crippen LogP contribution is 2.36. The number of aromatic nitrogens is 2. The van der Waals surface area contributed by atoms with E-state index in [1.165, 1.54) is 11.8 Å². The summed E-state index contributed by atoms with van der Waals surface area (Å²) in [5.74, 6) is 2.11. The Balaban J connectivity index is 1.26. The van der Waals surface area contributed by atoms with E-state index in [9.17, 15) is 14.4 Å².